The first-order valence-electron chi connectivity index (χ1n) is 4.67. The molecule has 4 nitrogen and oxygen atoms in total. The molecule has 2 aromatic rings. The zero-order valence-electron chi connectivity index (χ0n) is 8.73. The monoisotopic (exact) mass is 200 g/mol. The van der Waals surface area contributed by atoms with Crippen LogP contribution in [0.1, 0.15) is 13.8 Å². The Bertz CT molecular complexity index is 519. The largest absolute Gasteiger partial charge is 0.353 e. The van der Waals surface area contributed by atoms with Gasteiger partial charge in [0.1, 0.15) is 5.52 Å². The molecule has 4 heteroatoms. The maximum atomic E-state index is 5.41. The number of nitrogens with one attached hydrogen (secondary N) is 1. The molecule has 0 unspecified atom stereocenters. The molecule has 2 heterocycles. The van der Waals surface area contributed by atoms with Crippen LogP contribution in [0.4, 0.5) is 5.82 Å². The van der Waals surface area contributed by atoms with Gasteiger partial charge in [-0.3, -0.25) is 0 Å². The van der Waals surface area contributed by atoms with E-state index in [0.29, 0.717) is 0 Å². The van der Waals surface area contributed by atoms with Crippen molar-refractivity contribution in [3.05, 3.63) is 24.7 Å². The molecule has 0 saturated heterocycles. The molecule has 0 bridgehead atoms. The molecule has 0 aromatic carbocycles. The SMILES string of the molecule is C#CC(C)(C)Nc1nccn2nccc12. The summed E-state index contributed by atoms with van der Waals surface area (Å²) in [6.45, 7) is 3.85. The second-order valence-corrected chi connectivity index (χ2v) is 3.83. The second kappa shape index (κ2) is 3.28. The first-order chi connectivity index (χ1) is 7.12. The molecule has 0 amide bonds. The van der Waals surface area contributed by atoms with Crippen LogP contribution in [-0.4, -0.2) is 20.1 Å². The Morgan fingerprint density at radius 1 is 1.47 bits per heavy atom. The van der Waals surface area contributed by atoms with Crippen LogP contribution in [0.3, 0.4) is 0 Å². The number of rotatable bonds is 2. The summed E-state index contributed by atoms with van der Waals surface area (Å²) in [6.07, 6.45) is 10.6. The normalized spacial score (nSPS) is 11.3. The van der Waals surface area contributed by atoms with E-state index >= 15 is 0 Å². The van der Waals surface area contributed by atoms with Crippen molar-refractivity contribution in [2.75, 3.05) is 5.32 Å². The number of hydrogen-bond donors (Lipinski definition) is 1. The van der Waals surface area contributed by atoms with Gasteiger partial charge in [-0.25, -0.2) is 9.50 Å². The van der Waals surface area contributed by atoms with Crippen LogP contribution in [0.25, 0.3) is 5.52 Å². The number of terminal acetylenes is 1. The van der Waals surface area contributed by atoms with Crippen molar-refractivity contribution in [2.45, 2.75) is 19.4 Å². The standard InChI is InChI=1S/C11H12N4/c1-4-11(2,3)14-10-9-5-6-13-15(9)8-7-12-10/h1,5-8H,2-3H3,(H,12,14). The molecule has 15 heavy (non-hydrogen) atoms. The number of aromatic nitrogens is 3. The average molecular weight is 200 g/mol. The molecule has 0 aliphatic carbocycles. The lowest BCUT2D eigenvalue weighted by Crippen LogP contribution is -2.29. The number of fused-ring (bicyclic) bond motifs is 1. The van der Waals surface area contributed by atoms with Gasteiger partial charge in [0.25, 0.3) is 0 Å². The Morgan fingerprint density at radius 2 is 2.27 bits per heavy atom. The van der Waals surface area contributed by atoms with E-state index in [2.05, 4.69) is 21.3 Å². The van der Waals surface area contributed by atoms with E-state index in [9.17, 15) is 0 Å². The van der Waals surface area contributed by atoms with Crippen LogP contribution in [0, 0.1) is 12.3 Å². The second-order valence-electron chi connectivity index (χ2n) is 3.83. The Hall–Kier alpha value is -2.02. The molecule has 2 aromatic heterocycles. The smallest absolute Gasteiger partial charge is 0.153 e. The van der Waals surface area contributed by atoms with E-state index in [4.69, 9.17) is 6.42 Å². The summed E-state index contributed by atoms with van der Waals surface area (Å²) in [5.41, 5.74) is 0.500. The van der Waals surface area contributed by atoms with Crippen LogP contribution in [-0.2, 0) is 0 Å². The fourth-order valence-corrected chi connectivity index (χ4v) is 1.29. The lowest BCUT2D eigenvalue weighted by molar-refractivity contribution is 0.735. The van der Waals surface area contributed by atoms with Gasteiger partial charge in [-0.2, -0.15) is 5.10 Å². The first-order valence-corrected chi connectivity index (χ1v) is 4.67. The van der Waals surface area contributed by atoms with Gasteiger partial charge in [0, 0.05) is 12.4 Å². The van der Waals surface area contributed by atoms with Crippen LogP contribution >= 0.6 is 0 Å². The lowest BCUT2D eigenvalue weighted by Gasteiger charge is -2.20. The molecule has 0 saturated carbocycles. The maximum absolute atomic E-state index is 5.41. The Balaban J connectivity index is 2.45. The zero-order valence-corrected chi connectivity index (χ0v) is 8.73. The van der Waals surface area contributed by atoms with Crippen LogP contribution in [0.2, 0.25) is 0 Å². The van der Waals surface area contributed by atoms with Gasteiger partial charge in [-0.1, -0.05) is 5.92 Å². The highest BCUT2D eigenvalue weighted by atomic mass is 15.2. The van der Waals surface area contributed by atoms with Gasteiger partial charge in [-0.05, 0) is 19.9 Å². The van der Waals surface area contributed by atoms with Gasteiger partial charge in [-0.15, -0.1) is 6.42 Å². The van der Waals surface area contributed by atoms with Crippen LogP contribution in [0.5, 0.6) is 0 Å². The highest BCUT2D eigenvalue weighted by molar-refractivity contribution is 5.68. The average Bonchev–Trinajstić information content (AvgIpc) is 2.66. The van der Waals surface area contributed by atoms with Gasteiger partial charge in [0.15, 0.2) is 5.82 Å². The van der Waals surface area contributed by atoms with E-state index in [-0.39, 0.29) is 0 Å². The van der Waals surface area contributed by atoms with Crippen LogP contribution in [0.15, 0.2) is 24.7 Å². The van der Waals surface area contributed by atoms with Gasteiger partial charge >= 0.3 is 0 Å². The van der Waals surface area contributed by atoms with E-state index in [1.807, 2.05) is 19.9 Å². The maximum Gasteiger partial charge on any atom is 0.153 e. The summed E-state index contributed by atoms with van der Waals surface area (Å²) in [5, 5.41) is 7.31. The highest BCUT2D eigenvalue weighted by Gasteiger charge is 2.15. The summed E-state index contributed by atoms with van der Waals surface area (Å²) in [6, 6.07) is 1.89. The summed E-state index contributed by atoms with van der Waals surface area (Å²) in [5.74, 6) is 3.41. The lowest BCUT2D eigenvalue weighted by atomic mass is 10.1. The number of anilines is 1. The predicted molar refractivity (Wildman–Crippen MR) is 59.5 cm³/mol. The van der Waals surface area contributed by atoms with Gasteiger partial charge in [0.2, 0.25) is 0 Å². The topological polar surface area (TPSA) is 42.2 Å². The Kier molecular flexibility index (Phi) is 2.09. The van der Waals surface area contributed by atoms with E-state index in [1.54, 1.807) is 23.1 Å². The van der Waals surface area contributed by atoms with Gasteiger partial charge < -0.3 is 5.32 Å². The molecule has 76 valence electrons. The molecule has 0 aliphatic heterocycles. The van der Waals surface area contributed by atoms with Crippen molar-refractivity contribution in [3.63, 3.8) is 0 Å². The minimum atomic E-state index is -0.418. The molecule has 0 atom stereocenters. The minimum absolute atomic E-state index is 0.418. The molecular weight excluding hydrogens is 188 g/mol. The first kappa shape index (κ1) is 9.53. The van der Waals surface area contributed by atoms with Crippen molar-refractivity contribution in [3.8, 4) is 12.3 Å². The number of hydrogen-bond acceptors (Lipinski definition) is 3. The fourth-order valence-electron chi connectivity index (χ4n) is 1.29. The van der Waals surface area contributed by atoms with Crippen molar-refractivity contribution in [2.24, 2.45) is 0 Å². The Labute approximate surface area is 88.3 Å². The minimum Gasteiger partial charge on any atom is -0.353 e. The molecule has 0 fully saturated rings. The fraction of sp³-hybridized carbons (Fsp3) is 0.273. The molecule has 1 N–H and O–H groups in total. The van der Waals surface area contributed by atoms with Crippen molar-refractivity contribution in [1.82, 2.24) is 14.6 Å². The van der Waals surface area contributed by atoms with Crippen molar-refractivity contribution in [1.29, 1.82) is 0 Å². The zero-order chi connectivity index (χ0) is 10.9. The molecule has 0 radical (unpaired) electrons. The third-order valence-electron chi connectivity index (χ3n) is 2.12. The molecular formula is C11H12N4. The van der Waals surface area contributed by atoms with Crippen molar-refractivity contribution < 1.29 is 0 Å². The van der Waals surface area contributed by atoms with Crippen molar-refractivity contribution >= 4 is 11.3 Å². The summed E-state index contributed by atoms with van der Waals surface area (Å²) in [4.78, 5) is 4.24. The highest BCUT2D eigenvalue weighted by Crippen LogP contribution is 2.17. The third kappa shape index (κ3) is 1.77. The third-order valence-corrected chi connectivity index (χ3v) is 2.12. The van der Waals surface area contributed by atoms with Crippen LogP contribution < -0.4 is 5.32 Å². The quantitative estimate of drug-likeness (QED) is 0.748. The van der Waals surface area contributed by atoms with E-state index < -0.39 is 5.54 Å². The Morgan fingerprint density at radius 3 is 3.00 bits per heavy atom. The predicted octanol–water partition coefficient (Wildman–Crippen LogP) is 1.55. The molecule has 2 rings (SSSR count). The van der Waals surface area contributed by atoms with E-state index in [0.717, 1.165) is 11.3 Å². The summed E-state index contributed by atoms with van der Waals surface area (Å²) in [7, 11) is 0. The van der Waals surface area contributed by atoms with Gasteiger partial charge in [0.05, 0.1) is 11.7 Å². The van der Waals surface area contributed by atoms with E-state index in [1.165, 1.54) is 0 Å². The summed E-state index contributed by atoms with van der Waals surface area (Å²) < 4.78 is 1.75. The molecule has 0 aliphatic rings. The molecule has 0 spiro atoms. The number of nitrogens with zero attached hydrogens (tertiary/aromatic N) is 3. The summed E-state index contributed by atoms with van der Waals surface area (Å²) >= 11 is 0.